The number of benzene rings is 8. The van der Waals surface area contributed by atoms with Crippen LogP contribution in [-0.2, 0) is 10.8 Å². The van der Waals surface area contributed by atoms with Crippen molar-refractivity contribution in [1.29, 1.82) is 0 Å². The average Bonchev–Trinajstić information content (AvgIpc) is 3.09. The van der Waals surface area contributed by atoms with Gasteiger partial charge in [-0.3, -0.25) is 0 Å². The van der Waals surface area contributed by atoms with Gasteiger partial charge in [0.15, 0.2) is 0 Å². The minimum Gasteiger partial charge on any atom is -0.0616 e. The summed E-state index contributed by atoms with van der Waals surface area (Å²) in [4.78, 5) is 0. The Bertz CT molecular complexity index is 2490. The fourth-order valence-electron chi connectivity index (χ4n) is 7.40. The van der Waals surface area contributed by atoms with Gasteiger partial charge in [0.1, 0.15) is 0 Å². The van der Waals surface area contributed by atoms with Gasteiger partial charge in [-0.05, 0) is 117 Å². The highest BCUT2D eigenvalue weighted by Gasteiger charge is 2.23. The predicted octanol–water partition coefficient (Wildman–Crippen LogP) is 13.9. The van der Waals surface area contributed by atoms with E-state index in [-0.39, 0.29) is 10.8 Å². The summed E-state index contributed by atoms with van der Waals surface area (Å²) in [6.45, 7) is 13.9. The molecule has 0 aliphatic rings. The summed E-state index contributed by atoms with van der Waals surface area (Å²) in [5, 5.41) is 10.3. The lowest BCUT2D eigenvalue weighted by Crippen LogP contribution is -2.11. The number of fused-ring (bicyclic) bond motifs is 4. The second-order valence-corrected chi connectivity index (χ2v) is 15.4. The molecule has 234 valence electrons. The first kappa shape index (κ1) is 30.2. The summed E-state index contributed by atoms with van der Waals surface area (Å²) in [5.41, 5.74) is 10.4. The van der Waals surface area contributed by atoms with Crippen molar-refractivity contribution in [2.45, 2.75) is 52.4 Å². The standard InChI is InChI=1S/C48H42/c1-47(2,3)37-25-27-42-43(29-37)45(34-21-18-32(19-22-34)36-23-20-31-12-7-8-14-35(31)28-36)41-26-24-38(48(4,5)6)30-44(41)46(42)40-17-11-15-33-13-9-10-16-39(33)40/h7-30H,1-6H3. The lowest BCUT2D eigenvalue weighted by atomic mass is 9.79. The molecular formula is C48H42. The van der Waals surface area contributed by atoms with E-state index in [1.165, 1.54) is 87.6 Å². The van der Waals surface area contributed by atoms with Gasteiger partial charge >= 0.3 is 0 Å². The molecule has 0 atom stereocenters. The smallest absolute Gasteiger partial charge is 0.00200 e. The summed E-state index contributed by atoms with van der Waals surface area (Å²) in [6.07, 6.45) is 0. The Hall–Kier alpha value is -5.20. The molecule has 0 aliphatic heterocycles. The SMILES string of the molecule is CC(C)(C)c1ccc2c(-c3cccc4ccccc34)c3cc(C(C)(C)C)ccc3c(-c3ccc(-c4ccc5ccccc5c4)cc3)c2c1. The van der Waals surface area contributed by atoms with Crippen LogP contribution in [0.5, 0.6) is 0 Å². The van der Waals surface area contributed by atoms with Crippen molar-refractivity contribution in [2.75, 3.05) is 0 Å². The maximum absolute atomic E-state index is 2.47. The minimum absolute atomic E-state index is 0.0239. The number of rotatable bonds is 3. The number of hydrogen-bond donors (Lipinski definition) is 0. The normalized spacial score (nSPS) is 12.4. The molecule has 0 radical (unpaired) electrons. The fraction of sp³-hybridized carbons (Fsp3) is 0.167. The van der Waals surface area contributed by atoms with Crippen LogP contribution in [0, 0.1) is 0 Å². The Balaban J connectivity index is 1.45. The van der Waals surface area contributed by atoms with Gasteiger partial charge in [0.25, 0.3) is 0 Å². The van der Waals surface area contributed by atoms with E-state index in [0.717, 1.165) is 0 Å². The second kappa shape index (κ2) is 11.2. The van der Waals surface area contributed by atoms with Crippen LogP contribution in [0.3, 0.4) is 0 Å². The van der Waals surface area contributed by atoms with Gasteiger partial charge in [0.05, 0.1) is 0 Å². The van der Waals surface area contributed by atoms with E-state index in [4.69, 9.17) is 0 Å². The van der Waals surface area contributed by atoms with Gasteiger partial charge in [0, 0.05) is 0 Å². The molecule has 0 heterocycles. The first-order chi connectivity index (χ1) is 23.1. The van der Waals surface area contributed by atoms with Gasteiger partial charge in [-0.15, -0.1) is 0 Å². The van der Waals surface area contributed by atoms with Crippen molar-refractivity contribution in [3.8, 4) is 33.4 Å². The van der Waals surface area contributed by atoms with Gasteiger partial charge in [-0.1, -0.05) is 169 Å². The van der Waals surface area contributed by atoms with E-state index in [0.29, 0.717) is 0 Å². The van der Waals surface area contributed by atoms with E-state index in [2.05, 4.69) is 187 Å². The van der Waals surface area contributed by atoms with Crippen LogP contribution < -0.4 is 0 Å². The third-order valence-electron chi connectivity index (χ3n) is 10.2. The van der Waals surface area contributed by atoms with Crippen molar-refractivity contribution in [2.24, 2.45) is 0 Å². The fourth-order valence-corrected chi connectivity index (χ4v) is 7.40. The largest absolute Gasteiger partial charge is 0.0616 e. The summed E-state index contributed by atoms with van der Waals surface area (Å²) < 4.78 is 0. The Morgan fingerprint density at radius 1 is 0.312 bits per heavy atom. The van der Waals surface area contributed by atoms with Crippen LogP contribution in [0.25, 0.3) is 76.5 Å². The molecule has 0 saturated heterocycles. The zero-order valence-corrected chi connectivity index (χ0v) is 28.9. The quantitative estimate of drug-likeness (QED) is 0.173. The van der Waals surface area contributed by atoms with Crippen molar-refractivity contribution >= 4 is 43.1 Å². The van der Waals surface area contributed by atoms with Gasteiger partial charge in [-0.25, -0.2) is 0 Å². The molecule has 8 rings (SSSR count). The minimum atomic E-state index is 0.0239. The highest BCUT2D eigenvalue weighted by atomic mass is 14.3. The number of hydrogen-bond acceptors (Lipinski definition) is 0. The Morgan fingerprint density at radius 3 is 1.50 bits per heavy atom. The molecule has 8 aromatic rings. The maximum atomic E-state index is 2.47. The van der Waals surface area contributed by atoms with E-state index >= 15 is 0 Å². The monoisotopic (exact) mass is 618 g/mol. The predicted molar refractivity (Wildman–Crippen MR) is 210 cm³/mol. The average molecular weight is 619 g/mol. The van der Waals surface area contributed by atoms with Gasteiger partial charge in [-0.2, -0.15) is 0 Å². The molecule has 0 spiro atoms. The van der Waals surface area contributed by atoms with Gasteiger partial charge in [0.2, 0.25) is 0 Å². The molecule has 0 saturated carbocycles. The topological polar surface area (TPSA) is 0 Å². The van der Waals surface area contributed by atoms with E-state index in [1.54, 1.807) is 0 Å². The maximum Gasteiger partial charge on any atom is -0.00200 e. The van der Waals surface area contributed by atoms with Crippen LogP contribution in [0.15, 0.2) is 146 Å². The molecule has 0 aliphatic carbocycles. The molecule has 0 amide bonds. The second-order valence-electron chi connectivity index (χ2n) is 15.4. The highest BCUT2D eigenvalue weighted by Crippen LogP contribution is 2.47. The lowest BCUT2D eigenvalue weighted by molar-refractivity contribution is 0.590. The zero-order valence-electron chi connectivity index (χ0n) is 28.9. The van der Waals surface area contributed by atoms with Crippen molar-refractivity contribution in [3.05, 3.63) is 157 Å². The Labute approximate surface area is 284 Å². The molecule has 48 heavy (non-hydrogen) atoms. The summed E-state index contributed by atoms with van der Waals surface area (Å²) in [6, 6.07) is 54.6. The lowest BCUT2D eigenvalue weighted by Gasteiger charge is -2.25. The first-order valence-corrected chi connectivity index (χ1v) is 17.2. The van der Waals surface area contributed by atoms with E-state index in [1.807, 2.05) is 0 Å². The first-order valence-electron chi connectivity index (χ1n) is 17.2. The van der Waals surface area contributed by atoms with E-state index in [9.17, 15) is 0 Å². The third-order valence-corrected chi connectivity index (χ3v) is 10.2. The van der Waals surface area contributed by atoms with Crippen LogP contribution in [0.1, 0.15) is 52.7 Å². The molecule has 0 unspecified atom stereocenters. The molecule has 8 aromatic carbocycles. The van der Waals surface area contributed by atoms with Crippen LogP contribution >= 0.6 is 0 Å². The molecule has 0 nitrogen and oxygen atoms in total. The molecule has 0 fully saturated rings. The highest BCUT2D eigenvalue weighted by molar-refractivity contribution is 6.23. The summed E-state index contributed by atoms with van der Waals surface area (Å²) in [7, 11) is 0. The van der Waals surface area contributed by atoms with Crippen molar-refractivity contribution in [3.63, 3.8) is 0 Å². The van der Waals surface area contributed by atoms with Crippen LogP contribution in [0.2, 0.25) is 0 Å². The van der Waals surface area contributed by atoms with Crippen molar-refractivity contribution in [1.82, 2.24) is 0 Å². The van der Waals surface area contributed by atoms with Crippen LogP contribution in [-0.4, -0.2) is 0 Å². The Morgan fingerprint density at radius 2 is 0.833 bits per heavy atom. The molecule has 0 bridgehead atoms. The molecule has 0 N–H and O–H groups in total. The van der Waals surface area contributed by atoms with Gasteiger partial charge < -0.3 is 0 Å². The molecule has 0 aromatic heterocycles. The summed E-state index contributed by atoms with van der Waals surface area (Å²) >= 11 is 0. The molecular weight excluding hydrogens is 577 g/mol. The molecule has 0 heteroatoms. The zero-order chi connectivity index (χ0) is 33.2. The van der Waals surface area contributed by atoms with Crippen molar-refractivity contribution < 1.29 is 0 Å². The summed E-state index contributed by atoms with van der Waals surface area (Å²) in [5.74, 6) is 0. The van der Waals surface area contributed by atoms with E-state index < -0.39 is 0 Å². The third kappa shape index (κ3) is 5.17. The Kier molecular flexibility index (Phi) is 7.04. The van der Waals surface area contributed by atoms with Crippen LogP contribution in [0.4, 0.5) is 0 Å².